The topological polar surface area (TPSA) is 43.8 Å². The van der Waals surface area contributed by atoms with Crippen molar-refractivity contribution < 1.29 is 9.90 Å². The third kappa shape index (κ3) is 4.64. The summed E-state index contributed by atoms with van der Waals surface area (Å²) in [5.41, 5.74) is 3.50. The van der Waals surface area contributed by atoms with Crippen LogP contribution < -0.4 is 4.90 Å². The molecular weight excluding hydrogens is 611 g/mol. The van der Waals surface area contributed by atoms with Gasteiger partial charge in [-0.05, 0) is 121 Å². The Balaban J connectivity index is 1.15. The number of aliphatic hydroxyl groups is 1. The van der Waals surface area contributed by atoms with Gasteiger partial charge in [0, 0.05) is 18.5 Å². The molecule has 1 amide bonds. The van der Waals surface area contributed by atoms with Crippen LogP contribution in [-0.4, -0.2) is 41.8 Å². The Morgan fingerprint density at radius 2 is 1.57 bits per heavy atom. The number of para-hydroxylation sites is 1. The van der Waals surface area contributed by atoms with E-state index in [9.17, 15) is 9.90 Å². The molecule has 0 aromatic heterocycles. The monoisotopic (exact) mass is 668 g/mol. The number of allylic oxidation sites excluding steroid dienone is 2. The molecule has 5 fully saturated rings. The van der Waals surface area contributed by atoms with Crippen molar-refractivity contribution in [3.05, 3.63) is 39.9 Å². The van der Waals surface area contributed by atoms with Crippen LogP contribution in [0.2, 0.25) is 10.0 Å². The minimum absolute atomic E-state index is 0.122. The average molecular weight is 670 g/mol. The van der Waals surface area contributed by atoms with Crippen molar-refractivity contribution in [2.24, 2.45) is 50.2 Å². The number of hydrogen-bond acceptors (Lipinski definition) is 3. The van der Waals surface area contributed by atoms with Crippen molar-refractivity contribution >= 4 is 34.8 Å². The molecule has 4 nitrogen and oxygen atoms in total. The Morgan fingerprint density at radius 3 is 2.26 bits per heavy atom. The number of halogens is 2. The van der Waals surface area contributed by atoms with E-state index < -0.39 is 11.6 Å². The highest BCUT2D eigenvalue weighted by atomic mass is 35.5. The van der Waals surface area contributed by atoms with Crippen LogP contribution in [0.1, 0.15) is 119 Å². The van der Waals surface area contributed by atoms with Gasteiger partial charge in [-0.15, -0.1) is 0 Å². The van der Waals surface area contributed by atoms with Crippen LogP contribution in [0.3, 0.4) is 0 Å². The summed E-state index contributed by atoms with van der Waals surface area (Å²) in [6, 6.07) is 5.49. The van der Waals surface area contributed by atoms with E-state index in [0.717, 1.165) is 36.8 Å². The molecule has 46 heavy (non-hydrogen) atoms. The van der Waals surface area contributed by atoms with E-state index in [1.165, 1.54) is 51.4 Å². The van der Waals surface area contributed by atoms with Crippen LogP contribution in [0, 0.1) is 50.2 Å². The van der Waals surface area contributed by atoms with Crippen LogP contribution >= 0.6 is 23.2 Å². The second kappa shape index (κ2) is 10.9. The summed E-state index contributed by atoms with van der Waals surface area (Å²) >= 11 is 13.0. The molecule has 1 aromatic rings. The molecule has 5 aliphatic carbocycles. The first-order valence-corrected chi connectivity index (χ1v) is 19.1. The number of piperazine rings is 1. The maximum absolute atomic E-state index is 14.5. The predicted molar refractivity (Wildman–Crippen MR) is 190 cm³/mol. The second-order valence-electron chi connectivity index (χ2n) is 18.6. The molecule has 6 heteroatoms. The number of rotatable bonds is 2. The standard InChI is InChI=1S/C40H58Cl2N2O2/c1-35(2)15-9-16-38(5)30(35)14-17-40(7)31(38)13-12-26-27-24-37(4,19-18-36(27,3)20-21-39(26,40)6)34(46)44-23-22-43(25-32(44)45)33-28(41)10-8-11-29(33)42/h8,10-12,27,30-32,45H,9,13-25H2,1-7H3/t27-,30?,31?,32?,36-,37?,38+,39-,40-/m1/s1. The Hall–Kier alpha value is -1.23. The van der Waals surface area contributed by atoms with Crippen molar-refractivity contribution in [3.63, 3.8) is 0 Å². The lowest BCUT2D eigenvalue weighted by molar-refractivity contribution is -0.182. The van der Waals surface area contributed by atoms with E-state index >= 15 is 0 Å². The van der Waals surface area contributed by atoms with Crippen molar-refractivity contribution in [2.75, 3.05) is 24.5 Å². The number of fused-ring (bicyclic) bond motifs is 7. The van der Waals surface area contributed by atoms with Crippen molar-refractivity contribution in [2.45, 2.75) is 125 Å². The Morgan fingerprint density at radius 1 is 0.870 bits per heavy atom. The van der Waals surface area contributed by atoms with Crippen molar-refractivity contribution in [3.8, 4) is 0 Å². The predicted octanol–water partition coefficient (Wildman–Crippen LogP) is 10.2. The zero-order valence-electron chi connectivity index (χ0n) is 29.5. The largest absolute Gasteiger partial charge is 0.372 e. The number of carbonyl (C=O) groups is 1. The molecule has 1 saturated heterocycles. The first-order chi connectivity index (χ1) is 21.5. The van der Waals surface area contributed by atoms with Crippen molar-refractivity contribution in [1.82, 2.24) is 4.90 Å². The van der Waals surface area contributed by atoms with E-state index in [-0.39, 0.29) is 16.7 Å². The first kappa shape index (κ1) is 33.3. The summed E-state index contributed by atoms with van der Waals surface area (Å²) in [6.45, 7) is 19.2. The van der Waals surface area contributed by atoms with E-state index in [2.05, 4.69) is 54.5 Å². The number of amides is 1. The van der Waals surface area contributed by atoms with Gasteiger partial charge in [-0.1, -0.05) is 95.8 Å². The zero-order chi connectivity index (χ0) is 33.1. The maximum Gasteiger partial charge on any atom is 0.230 e. The summed E-state index contributed by atoms with van der Waals surface area (Å²) in [5, 5.41) is 12.5. The lowest BCUT2D eigenvalue weighted by Gasteiger charge is -2.71. The first-order valence-electron chi connectivity index (χ1n) is 18.4. The average Bonchev–Trinajstić information content (AvgIpc) is 2.98. The van der Waals surface area contributed by atoms with Gasteiger partial charge in [-0.2, -0.15) is 0 Å². The smallest absolute Gasteiger partial charge is 0.230 e. The van der Waals surface area contributed by atoms with Gasteiger partial charge in [0.1, 0.15) is 6.23 Å². The molecule has 4 unspecified atom stereocenters. The highest BCUT2D eigenvalue weighted by molar-refractivity contribution is 6.39. The van der Waals surface area contributed by atoms with Crippen LogP contribution in [0.25, 0.3) is 0 Å². The Bertz CT molecular complexity index is 1420. The van der Waals surface area contributed by atoms with Gasteiger partial charge in [0.25, 0.3) is 0 Å². The number of anilines is 1. The molecule has 1 N–H and O–H groups in total. The second-order valence-corrected chi connectivity index (χ2v) is 19.4. The minimum atomic E-state index is -0.889. The summed E-state index contributed by atoms with van der Waals surface area (Å²) in [7, 11) is 0. The minimum Gasteiger partial charge on any atom is -0.372 e. The van der Waals surface area contributed by atoms with Crippen molar-refractivity contribution in [1.29, 1.82) is 0 Å². The summed E-state index contributed by atoms with van der Waals surface area (Å²) in [6.07, 6.45) is 15.2. The summed E-state index contributed by atoms with van der Waals surface area (Å²) in [5.74, 6) is 2.08. The fourth-order valence-electron chi connectivity index (χ4n) is 13.0. The van der Waals surface area contributed by atoms with Gasteiger partial charge in [0.05, 0.1) is 22.3 Å². The third-order valence-corrected chi connectivity index (χ3v) is 16.6. The SMILES string of the molecule is CC1(C(=O)N2CCN(c3c(Cl)cccc3Cl)CC2O)CC[C@]2(C)CC[C@]3(C)C(=CCC4[C@@]5(C)CCCC(C)(C)C5CC[C@]43C)[C@H]2C1. The molecule has 1 aliphatic heterocycles. The Labute approximate surface area is 288 Å². The molecule has 9 atom stereocenters. The van der Waals surface area contributed by atoms with Gasteiger partial charge in [0.2, 0.25) is 5.91 Å². The Kier molecular flexibility index (Phi) is 7.87. The molecule has 0 bridgehead atoms. The number of β-amino-alcohol motifs (C(OH)–C–C–N with tert-alkyl or cyclic N) is 1. The number of nitrogens with zero attached hydrogens (tertiary/aromatic N) is 2. The molecule has 1 heterocycles. The van der Waals surface area contributed by atoms with E-state index in [1.807, 2.05) is 23.1 Å². The van der Waals surface area contributed by atoms with Crippen LogP contribution in [0.4, 0.5) is 5.69 Å². The van der Waals surface area contributed by atoms with Crippen LogP contribution in [0.15, 0.2) is 29.8 Å². The lowest BCUT2D eigenvalue weighted by atomic mass is 9.34. The molecular formula is C40H58Cl2N2O2. The third-order valence-electron chi connectivity index (χ3n) is 16.0. The van der Waals surface area contributed by atoms with E-state index in [0.29, 0.717) is 51.8 Å². The molecule has 4 saturated carbocycles. The fourth-order valence-corrected chi connectivity index (χ4v) is 13.6. The molecule has 7 rings (SSSR count). The molecule has 0 spiro atoms. The van der Waals surface area contributed by atoms with E-state index in [4.69, 9.17) is 23.2 Å². The van der Waals surface area contributed by atoms with E-state index in [1.54, 1.807) is 10.5 Å². The van der Waals surface area contributed by atoms with Gasteiger partial charge < -0.3 is 14.9 Å². The lowest BCUT2D eigenvalue weighted by Crippen LogP contribution is -2.63. The molecule has 0 radical (unpaired) electrons. The zero-order valence-corrected chi connectivity index (χ0v) is 31.0. The van der Waals surface area contributed by atoms with Gasteiger partial charge >= 0.3 is 0 Å². The number of carbonyl (C=O) groups excluding carboxylic acids is 1. The van der Waals surface area contributed by atoms with Crippen LogP contribution in [-0.2, 0) is 4.79 Å². The van der Waals surface area contributed by atoms with Gasteiger partial charge in [-0.25, -0.2) is 0 Å². The molecule has 254 valence electrons. The summed E-state index contributed by atoms with van der Waals surface area (Å²) < 4.78 is 0. The van der Waals surface area contributed by atoms with Gasteiger partial charge in [-0.3, -0.25) is 4.79 Å². The maximum atomic E-state index is 14.5. The van der Waals surface area contributed by atoms with Crippen LogP contribution in [0.5, 0.6) is 0 Å². The summed E-state index contributed by atoms with van der Waals surface area (Å²) in [4.78, 5) is 18.3. The van der Waals surface area contributed by atoms with Gasteiger partial charge in [0.15, 0.2) is 0 Å². The fraction of sp³-hybridized carbons (Fsp3) is 0.775. The highest BCUT2D eigenvalue weighted by Gasteiger charge is 2.67. The molecule has 1 aromatic carbocycles. The number of hydrogen-bond donors (Lipinski definition) is 1. The number of benzene rings is 1. The highest BCUT2D eigenvalue weighted by Crippen LogP contribution is 2.75. The quantitative estimate of drug-likeness (QED) is 0.319. The molecule has 6 aliphatic rings. The number of aliphatic hydroxyl groups excluding tert-OH is 1. The normalized spacial score (nSPS) is 45.1.